The van der Waals surface area contributed by atoms with Gasteiger partial charge in [-0.15, -0.1) is 0 Å². The van der Waals surface area contributed by atoms with Crippen LogP contribution >= 0.6 is 0 Å². The van der Waals surface area contributed by atoms with Crippen LogP contribution in [0.1, 0.15) is 31.2 Å². The topological polar surface area (TPSA) is 104 Å². The highest BCUT2D eigenvalue weighted by molar-refractivity contribution is 7.91. The average molecular weight is 465 g/mol. The third-order valence-electron chi connectivity index (χ3n) is 5.84. The second-order valence-corrected chi connectivity index (χ2v) is 10.3. The standard InChI is InChI=1S/C22H26BF2NO5S/c24-18-9-10-19(25)20(13-18)32(30,31)14-17(11-15-5-2-1-3-6-15)22(27)26-21(23(28)29)12-16-7-4-8-16/h1-3,5-6,9-10,13,16-17,21,28-29H,4,7-8,11-12,14H2,(H,26,27)/t17-,21+/m1/s1. The summed E-state index contributed by atoms with van der Waals surface area (Å²) in [6, 6.07) is 10.8. The van der Waals surface area contributed by atoms with Gasteiger partial charge >= 0.3 is 7.12 Å². The van der Waals surface area contributed by atoms with Crippen molar-refractivity contribution in [3.63, 3.8) is 0 Å². The molecule has 32 heavy (non-hydrogen) atoms. The summed E-state index contributed by atoms with van der Waals surface area (Å²) < 4.78 is 53.5. The van der Waals surface area contributed by atoms with E-state index in [9.17, 15) is 32.0 Å². The van der Waals surface area contributed by atoms with E-state index < -0.39 is 57.0 Å². The van der Waals surface area contributed by atoms with Gasteiger partial charge in [-0.25, -0.2) is 17.2 Å². The van der Waals surface area contributed by atoms with Crippen molar-refractivity contribution >= 4 is 22.9 Å². The van der Waals surface area contributed by atoms with Gasteiger partial charge in [0.1, 0.15) is 16.5 Å². The molecular weight excluding hydrogens is 439 g/mol. The highest BCUT2D eigenvalue weighted by Crippen LogP contribution is 2.31. The Labute approximate surface area is 186 Å². The number of amides is 1. The van der Waals surface area contributed by atoms with Crippen molar-refractivity contribution in [3.05, 3.63) is 65.7 Å². The first-order valence-corrected chi connectivity index (χ1v) is 12.2. The Morgan fingerprint density at radius 2 is 1.81 bits per heavy atom. The molecule has 0 aliphatic heterocycles. The van der Waals surface area contributed by atoms with Crippen molar-refractivity contribution in [1.82, 2.24) is 5.32 Å². The lowest BCUT2D eigenvalue weighted by atomic mass is 9.69. The van der Waals surface area contributed by atoms with Gasteiger partial charge in [0.25, 0.3) is 0 Å². The van der Waals surface area contributed by atoms with Gasteiger partial charge in [0.05, 0.1) is 17.6 Å². The maximum atomic E-state index is 14.1. The molecule has 0 heterocycles. The number of rotatable bonds is 10. The number of nitrogens with one attached hydrogen (secondary N) is 1. The Morgan fingerprint density at radius 1 is 1.12 bits per heavy atom. The number of hydrogen-bond donors (Lipinski definition) is 3. The molecule has 0 radical (unpaired) electrons. The van der Waals surface area contributed by atoms with Crippen molar-refractivity contribution in [3.8, 4) is 0 Å². The monoisotopic (exact) mass is 465 g/mol. The lowest BCUT2D eigenvalue weighted by Gasteiger charge is -2.30. The predicted molar refractivity (Wildman–Crippen MR) is 116 cm³/mol. The van der Waals surface area contributed by atoms with Crippen LogP contribution < -0.4 is 5.32 Å². The normalized spacial score (nSPS) is 16.1. The molecule has 0 bridgehead atoms. The Bertz CT molecular complexity index is 1030. The van der Waals surface area contributed by atoms with E-state index in [4.69, 9.17) is 0 Å². The fourth-order valence-corrected chi connectivity index (χ4v) is 5.48. The van der Waals surface area contributed by atoms with Crippen LogP contribution in [-0.2, 0) is 21.1 Å². The third-order valence-corrected chi connectivity index (χ3v) is 7.67. The molecule has 1 aliphatic rings. The molecule has 6 nitrogen and oxygen atoms in total. The zero-order chi connectivity index (χ0) is 23.3. The van der Waals surface area contributed by atoms with Crippen LogP contribution in [0.3, 0.4) is 0 Å². The van der Waals surface area contributed by atoms with E-state index in [-0.39, 0.29) is 12.3 Å². The Morgan fingerprint density at radius 3 is 2.41 bits per heavy atom. The average Bonchev–Trinajstić information content (AvgIpc) is 2.71. The molecule has 2 aromatic carbocycles. The molecule has 2 atom stereocenters. The molecule has 0 unspecified atom stereocenters. The first kappa shape index (κ1) is 24.3. The van der Waals surface area contributed by atoms with E-state index in [1.165, 1.54) is 0 Å². The number of hydrogen-bond acceptors (Lipinski definition) is 5. The summed E-state index contributed by atoms with van der Waals surface area (Å²) in [5.41, 5.74) is 0.683. The molecule has 1 amide bonds. The van der Waals surface area contributed by atoms with E-state index in [1.807, 2.05) is 0 Å². The minimum absolute atomic E-state index is 0.0283. The molecule has 1 saturated carbocycles. The maximum absolute atomic E-state index is 14.1. The number of sulfone groups is 1. The number of benzene rings is 2. The molecule has 2 aromatic rings. The highest BCUT2D eigenvalue weighted by Gasteiger charge is 2.35. The van der Waals surface area contributed by atoms with E-state index in [1.54, 1.807) is 30.3 Å². The van der Waals surface area contributed by atoms with Crippen LogP contribution in [0.4, 0.5) is 8.78 Å². The van der Waals surface area contributed by atoms with Gasteiger partial charge in [0.2, 0.25) is 5.91 Å². The molecule has 0 aromatic heterocycles. The van der Waals surface area contributed by atoms with Crippen LogP contribution in [-0.4, -0.2) is 43.2 Å². The van der Waals surface area contributed by atoms with Crippen LogP contribution in [0.2, 0.25) is 0 Å². The number of halogens is 2. The van der Waals surface area contributed by atoms with Crippen molar-refractivity contribution < 1.29 is 32.0 Å². The summed E-state index contributed by atoms with van der Waals surface area (Å²) in [7, 11) is -6.15. The second kappa shape index (κ2) is 10.5. The number of carbonyl (C=O) groups excluding carboxylic acids is 1. The fourth-order valence-electron chi connectivity index (χ4n) is 3.84. The largest absolute Gasteiger partial charge is 0.475 e. The van der Waals surface area contributed by atoms with Crippen molar-refractivity contribution in [2.75, 3.05) is 5.75 Å². The van der Waals surface area contributed by atoms with E-state index in [2.05, 4.69) is 5.32 Å². The van der Waals surface area contributed by atoms with E-state index in [0.717, 1.165) is 31.4 Å². The van der Waals surface area contributed by atoms with Crippen LogP contribution in [0, 0.1) is 23.5 Å². The molecule has 1 fully saturated rings. The van der Waals surface area contributed by atoms with Gasteiger partial charge in [-0.3, -0.25) is 4.79 Å². The summed E-state index contributed by atoms with van der Waals surface area (Å²) in [6.45, 7) is 0. The summed E-state index contributed by atoms with van der Waals surface area (Å²) >= 11 is 0. The SMILES string of the molecule is O=C(N[C@@H](CC1CCC1)B(O)O)[C@H](Cc1ccccc1)CS(=O)(=O)c1cc(F)ccc1F. The Balaban J connectivity index is 1.83. The molecule has 3 rings (SSSR count). The first-order valence-electron chi connectivity index (χ1n) is 10.5. The lowest BCUT2D eigenvalue weighted by Crippen LogP contribution is -2.50. The smallest absolute Gasteiger partial charge is 0.426 e. The number of carbonyl (C=O) groups is 1. The van der Waals surface area contributed by atoms with Gasteiger partial charge in [-0.1, -0.05) is 49.6 Å². The zero-order valence-corrected chi connectivity index (χ0v) is 18.3. The van der Waals surface area contributed by atoms with E-state index >= 15 is 0 Å². The van der Waals surface area contributed by atoms with Crippen molar-refractivity contribution in [1.29, 1.82) is 0 Å². The zero-order valence-electron chi connectivity index (χ0n) is 17.5. The summed E-state index contributed by atoms with van der Waals surface area (Å²) in [5, 5.41) is 22.0. The molecular formula is C22H26BF2NO5S. The van der Waals surface area contributed by atoms with Crippen LogP contribution in [0.25, 0.3) is 0 Å². The molecule has 0 spiro atoms. The summed E-state index contributed by atoms with van der Waals surface area (Å²) in [6.07, 6.45) is 3.30. The van der Waals surface area contributed by atoms with Gasteiger partial charge in [0.15, 0.2) is 9.84 Å². The molecule has 0 saturated heterocycles. The summed E-state index contributed by atoms with van der Waals surface area (Å²) in [5.74, 6) is -5.28. The van der Waals surface area contributed by atoms with Gasteiger partial charge in [-0.2, -0.15) is 0 Å². The minimum atomic E-state index is -4.35. The molecule has 10 heteroatoms. The van der Waals surface area contributed by atoms with Crippen LogP contribution in [0.5, 0.6) is 0 Å². The third kappa shape index (κ3) is 6.37. The van der Waals surface area contributed by atoms with Crippen LogP contribution in [0.15, 0.2) is 53.4 Å². The Kier molecular flexibility index (Phi) is 8.03. The van der Waals surface area contributed by atoms with Gasteiger partial charge in [0, 0.05) is 0 Å². The molecule has 1 aliphatic carbocycles. The quantitative estimate of drug-likeness (QED) is 0.468. The maximum Gasteiger partial charge on any atom is 0.475 e. The lowest BCUT2D eigenvalue weighted by molar-refractivity contribution is -0.124. The first-order chi connectivity index (χ1) is 15.2. The van der Waals surface area contributed by atoms with Gasteiger partial charge < -0.3 is 15.4 Å². The Hall–Kier alpha value is -2.30. The fraction of sp³-hybridized carbons (Fsp3) is 0.409. The predicted octanol–water partition coefficient (Wildman–Crippen LogP) is 2.28. The van der Waals surface area contributed by atoms with E-state index in [0.29, 0.717) is 18.1 Å². The summed E-state index contributed by atoms with van der Waals surface area (Å²) in [4.78, 5) is 12.2. The van der Waals surface area contributed by atoms with Crippen molar-refractivity contribution in [2.45, 2.75) is 42.9 Å². The van der Waals surface area contributed by atoms with Gasteiger partial charge in [-0.05, 0) is 42.5 Å². The highest BCUT2D eigenvalue weighted by atomic mass is 32.2. The molecule has 172 valence electrons. The van der Waals surface area contributed by atoms with Crippen molar-refractivity contribution in [2.24, 2.45) is 11.8 Å². The second-order valence-electron chi connectivity index (χ2n) is 8.30. The minimum Gasteiger partial charge on any atom is -0.426 e. The molecule has 3 N–H and O–H groups in total.